The molecule has 0 heterocycles. The zero-order valence-electron chi connectivity index (χ0n) is 10.4. The number of benzene rings is 2. The minimum atomic E-state index is -4.35. The van der Waals surface area contributed by atoms with Crippen molar-refractivity contribution in [2.45, 2.75) is 6.18 Å². The van der Waals surface area contributed by atoms with E-state index in [9.17, 15) is 18.0 Å². The Bertz CT molecular complexity index is 642. The van der Waals surface area contributed by atoms with E-state index in [0.29, 0.717) is 11.1 Å². The monoisotopic (exact) mass is 276 g/mol. The maximum Gasteiger partial charge on any atom is 0.416 e. The fraction of sp³-hybridized carbons (Fsp3) is 0.0625. The van der Waals surface area contributed by atoms with Crippen LogP contribution in [0.4, 0.5) is 13.2 Å². The summed E-state index contributed by atoms with van der Waals surface area (Å²) in [5.74, 6) is 0. The molecule has 2 aromatic rings. The molecule has 2 aromatic carbocycles. The quantitative estimate of drug-likeness (QED) is 0.587. The van der Waals surface area contributed by atoms with E-state index in [1.54, 1.807) is 42.5 Å². The number of hydrogen-bond acceptors (Lipinski definition) is 1. The zero-order chi connectivity index (χ0) is 14.6. The van der Waals surface area contributed by atoms with Gasteiger partial charge in [-0.05, 0) is 29.3 Å². The summed E-state index contributed by atoms with van der Waals surface area (Å²) < 4.78 is 37.7. The SMILES string of the molecule is O=Cc1cccc(/C=C/c2cccc(C(F)(F)F)c2)c1. The number of hydrogen-bond donors (Lipinski definition) is 0. The number of aldehydes is 1. The van der Waals surface area contributed by atoms with Gasteiger partial charge in [0.25, 0.3) is 0 Å². The van der Waals surface area contributed by atoms with Gasteiger partial charge in [0.05, 0.1) is 5.56 Å². The lowest BCUT2D eigenvalue weighted by atomic mass is 10.1. The normalized spacial score (nSPS) is 11.8. The second-order valence-corrected chi connectivity index (χ2v) is 4.24. The van der Waals surface area contributed by atoms with Gasteiger partial charge in [0, 0.05) is 5.56 Å². The number of carbonyl (C=O) groups excluding carboxylic acids is 1. The van der Waals surface area contributed by atoms with Crippen LogP contribution in [0.15, 0.2) is 48.5 Å². The molecule has 0 saturated heterocycles. The van der Waals surface area contributed by atoms with Crippen molar-refractivity contribution in [1.82, 2.24) is 0 Å². The Morgan fingerprint density at radius 2 is 1.35 bits per heavy atom. The molecule has 2 rings (SSSR count). The van der Waals surface area contributed by atoms with Crippen molar-refractivity contribution in [3.63, 3.8) is 0 Å². The van der Waals surface area contributed by atoms with Gasteiger partial charge in [0.2, 0.25) is 0 Å². The summed E-state index contributed by atoms with van der Waals surface area (Å²) in [5, 5.41) is 0. The molecular formula is C16H11F3O. The largest absolute Gasteiger partial charge is 0.416 e. The molecule has 0 unspecified atom stereocenters. The summed E-state index contributed by atoms with van der Waals surface area (Å²) in [6, 6.07) is 11.9. The molecule has 1 nitrogen and oxygen atoms in total. The lowest BCUT2D eigenvalue weighted by molar-refractivity contribution is -0.137. The van der Waals surface area contributed by atoms with E-state index in [-0.39, 0.29) is 0 Å². The van der Waals surface area contributed by atoms with E-state index in [1.807, 2.05) is 0 Å². The van der Waals surface area contributed by atoms with E-state index in [1.165, 1.54) is 6.07 Å². The van der Waals surface area contributed by atoms with E-state index in [2.05, 4.69) is 0 Å². The zero-order valence-corrected chi connectivity index (χ0v) is 10.4. The minimum Gasteiger partial charge on any atom is -0.298 e. The molecule has 0 bridgehead atoms. The maximum absolute atomic E-state index is 12.6. The molecule has 4 heteroatoms. The Hall–Kier alpha value is -2.36. The van der Waals surface area contributed by atoms with E-state index >= 15 is 0 Å². The van der Waals surface area contributed by atoms with Gasteiger partial charge in [-0.3, -0.25) is 4.79 Å². The Labute approximate surface area is 114 Å². The van der Waals surface area contributed by atoms with Crippen LogP contribution in [0.2, 0.25) is 0 Å². The molecule has 0 fully saturated rings. The van der Waals surface area contributed by atoms with E-state index in [0.717, 1.165) is 24.0 Å². The highest BCUT2D eigenvalue weighted by Gasteiger charge is 2.30. The second-order valence-electron chi connectivity index (χ2n) is 4.24. The van der Waals surface area contributed by atoms with Crippen LogP contribution < -0.4 is 0 Å². The third kappa shape index (κ3) is 3.57. The van der Waals surface area contributed by atoms with Crippen LogP contribution in [-0.4, -0.2) is 6.29 Å². The molecule has 0 radical (unpaired) electrons. The molecule has 102 valence electrons. The van der Waals surface area contributed by atoms with Crippen molar-refractivity contribution >= 4 is 18.4 Å². The molecule has 0 atom stereocenters. The first-order valence-corrected chi connectivity index (χ1v) is 5.89. The summed E-state index contributed by atoms with van der Waals surface area (Å²) in [5.41, 5.74) is 1.06. The summed E-state index contributed by atoms with van der Waals surface area (Å²) in [7, 11) is 0. The van der Waals surface area contributed by atoms with Gasteiger partial charge < -0.3 is 0 Å². The highest BCUT2D eigenvalue weighted by atomic mass is 19.4. The lowest BCUT2D eigenvalue weighted by Crippen LogP contribution is -2.04. The third-order valence-corrected chi connectivity index (χ3v) is 2.73. The van der Waals surface area contributed by atoms with Gasteiger partial charge in [-0.25, -0.2) is 0 Å². The van der Waals surface area contributed by atoms with Crippen LogP contribution in [0.25, 0.3) is 12.2 Å². The number of carbonyl (C=O) groups is 1. The molecule has 0 aliphatic carbocycles. The Morgan fingerprint density at radius 3 is 1.95 bits per heavy atom. The van der Waals surface area contributed by atoms with Crippen LogP contribution in [0.1, 0.15) is 27.0 Å². The van der Waals surface area contributed by atoms with Crippen molar-refractivity contribution in [3.8, 4) is 0 Å². The van der Waals surface area contributed by atoms with Crippen LogP contribution in [0.5, 0.6) is 0 Å². The smallest absolute Gasteiger partial charge is 0.298 e. The van der Waals surface area contributed by atoms with Crippen molar-refractivity contribution in [1.29, 1.82) is 0 Å². The van der Waals surface area contributed by atoms with Gasteiger partial charge in [-0.15, -0.1) is 0 Å². The Morgan fingerprint density at radius 1 is 0.800 bits per heavy atom. The molecule has 0 spiro atoms. The van der Waals surface area contributed by atoms with Gasteiger partial charge in [0.15, 0.2) is 0 Å². The molecule has 0 saturated carbocycles. The molecule has 20 heavy (non-hydrogen) atoms. The summed E-state index contributed by atoms with van der Waals surface area (Å²) >= 11 is 0. The first kappa shape index (κ1) is 14.1. The average Bonchev–Trinajstić information content (AvgIpc) is 2.45. The maximum atomic E-state index is 12.6. The van der Waals surface area contributed by atoms with Gasteiger partial charge >= 0.3 is 6.18 Å². The highest BCUT2D eigenvalue weighted by molar-refractivity contribution is 5.78. The average molecular weight is 276 g/mol. The van der Waals surface area contributed by atoms with Crippen molar-refractivity contribution < 1.29 is 18.0 Å². The topological polar surface area (TPSA) is 17.1 Å². The van der Waals surface area contributed by atoms with Gasteiger partial charge in [-0.2, -0.15) is 13.2 Å². The Balaban J connectivity index is 2.25. The lowest BCUT2D eigenvalue weighted by Gasteiger charge is -2.06. The summed E-state index contributed by atoms with van der Waals surface area (Å²) in [6.45, 7) is 0. The summed E-state index contributed by atoms with van der Waals surface area (Å²) in [6.07, 6.45) is -0.370. The fourth-order valence-electron chi connectivity index (χ4n) is 1.75. The minimum absolute atomic E-state index is 0.455. The molecule has 0 aliphatic heterocycles. The molecule has 0 aromatic heterocycles. The second kappa shape index (κ2) is 5.74. The van der Waals surface area contributed by atoms with Crippen molar-refractivity contribution in [3.05, 3.63) is 70.8 Å². The van der Waals surface area contributed by atoms with Gasteiger partial charge in [-0.1, -0.05) is 42.5 Å². The number of halogens is 3. The molecular weight excluding hydrogens is 265 g/mol. The first-order valence-electron chi connectivity index (χ1n) is 5.89. The number of alkyl halides is 3. The predicted molar refractivity (Wildman–Crippen MR) is 72.2 cm³/mol. The standard InChI is InChI=1S/C16H11F3O/c17-16(18,19)15-6-2-4-13(10-15)8-7-12-3-1-5-14(9-12)11-20/h1-11H/b8-7+. The fourth-order valence-corrected chi connectivity index (χ4v) is 1.75. The first-order chi connectivity index (χ1) is 9.49. The van der Waals surface area contributed by atoms with Crippen LogP contribution in [0.3, 0.4) is 0 Å². The van der Waals surface area contributed by atoms with Crippen molar-refractivity contribution in [2.24, 2.45) is 0 Å². The van der Waals surface area contributed by atoms with Gasteiger partial charge in [0.1, 0.15) is 6.29 Å². The van der Waals surface area contributed by atoms with Crippen LogP contribution in [-0.2, 0) is 6.18 Å². The highest BCUT2D eigenvalue weighted by Crippen LogP contribution is 2.29. The van der Waals surface area contributed by atoms with Crippen LogP contribution >= 0.6 is 0 Å². The third-order valence-electron chi connectivity index (χ3n) is 2.73. The van der Waals surface area contributed by atoms with E-state index < -0.39 is 11.7 Å². The van der Waals surface area contributed by atoms with Crippen LogP contribution in [0, 0.1) is 0 Å². The van der Waals surface area contributed by atoms with Crippen molar-refractivity contribution in [2.75, 3.05) is 0 Å². The molecule has 0 amide bonds. The molecule has 0 aliphatic rings. The number of rotatable bonds is 3. The Kier molecular flexibility index (Phi) is 4.03. The van der Waals surface area contributed by atoms with E-state index in [4.69, 9.17) is 0 Å². The summed E-state index contributed by atoms with van der Waals surface area (Å²) in [4.78, 5) is 10.6. The molecule has 0 N–H and O–H groups in total. The predicted octanol–water partition coefficient (Wildman–Crippen LogP) is 4.69.